The molecule has 2 N–H and O–H groups in total. The number of hydrogen-bond acceptors (Lipinski definition) is 2. The van der Waals surface area contributed by atoms with E-state index in [1.54, 1.807) is 23.0 Å². The van der Waals surface area contributed by atoms with Crippen LogP contribution in [0.15, 0.2) is 35.1 Å². The van der Waals surface area contributed by atoms with Crippen LogP contribution in [0.2, 0.25) is 0 Å². The number of nitrogens with two attached hydrogens (primary N) is 1. The van der Waals surface area contributed by atoms with Gasteiger partial charge in [-0.1, -0.05) is 22.0 Å². The molecule has 0 aliphatic heterocycles. The van der Waals surface area contributed by atoms with E-state index in [-0.39, 0.29) is 11.9 Å². The van der Waals surface area contributed by atoms with Crippen molar-refractivity contribution < 1.29 is 4.39 Å². The number of halogens is 2. The van der Waals surface area contributed by atoms with Crippen LogP contribution in [0.25, 0.3) is 0 Å². The Kier molecular flexibility index (Phi) is 3.59. The minimum absolute atomic E-state index is 0.282. The molecular weight excluding hydrogens is 285 g/mol. The summed E-state index contributed by atoms with van der Waals surface area (Å²) in [6, 6.07) is 4.49. The van der Waals surface area contributed by atoms with Gasteiger partial charge in [0.25, 0.3) is 0 Å². The van der Waals surface area contributed by atoms with E-state index in [2.05, 4.69) is 21.0 Å². The molecule has 0 aliphatic rings. The summed E-state index contributed by atoms with van der Waals surface area (Å²) in [5.74, 6) is -0.282. The maximum absolute atomic E-state index is 13.7. The number of nitrogens with zero attached hydrogens (tertiary/aromatic N) is 2. The van der Waals surface area contributed by atoms with Crippen molar-refractivity contribution in [1.82, 2.24) is 9.78 Å². The highest BCUT2D eigenvalue weighted by molar-refractivity contribution is 9.10. The second-order valence-corrected chi connectivity index (χ2v) is 4.82. The summed E-state index contributed by atoms with van der Waals surface area (Å²) in [6.45, 7) is 0. The van der Waals surface area contributed by atoms with Gasteiger partial charge in [-0.25, -0.2) is 4.39 Å². The first-order valence-corrected chi connectivity index (χ1v) is 6.04. The van der Waals surface area contributed by atoms with Crippen molar-refractivity contribution >= 4 is 15.9 Å². The van der Waals surface area contributed by atoms with Crippen LogP contribution in [0, 0.1) is 5.82 Å². The Labute approximate surface area is 108 Å². The zero-order chi connectivity index (χ0) is 12.4. The summed E-state index contributed by atoms with van der Waals surface area (Å²) in [5.41, 5.74) is 7.54. The molecule has 17 heavy (non-hydrogen) atoms. The highest BCUT2D eigenvalue weighted by atomic mass is 79.9. The molecule has 0 saturated heterocycles. The number of aromatic nitrogens is 2. The monoisotopic (exact) mass is 297 g/mol. The molecule has 0 fully saturated rings. The topological polar surface area (TPSA) is 43.8 Å². The van der Waals surface area contributed by atoms with E-state index in [9.17, 15) is 4.39 Å². The van der Waals surface area contributed by atoms with Gasteiger partial charge < -0.3 is 5.73 Å². The molecule has 0 amide bonds. The second-order valence-electron chi connectivity index (χ2n) is 3.97. The fourth-order valence-corrected chi connectivity index (χ4v) is 2.43. The van der Waals surface area contributed by atoms with E-state index in [4.69, 9.17) is 5.73 Å². The van der Waals surface area contributed by atoms with Gasteiger partial charge in [0.2, 0.25) is 0 Å². The largest absolute Gasteiger partial charge is 0.324 e. The molecule has 0 bridgehead atoms. The number of benzene rings is 1. The molecule has 0 saturated carbocycles. The van der Waals surface area contributed by atoms with E-state index >= 15 is 0 Å². The molecule has 2 rings (SSSR count). The minimum Gasteiger partial charge on any atom is -0.324 e. The van der Waals surface area contributed by atoms with Crippen LogP contribution >= 0.6 is 15.9 Å². The van der Waals surface area contributed by atoms with Crippen LogP contribution in [0.3, 0.4) is 0 Å². The highest BCUT2D eigenvalue weighted by Crippen LogP contribution is 2.26. The minimum atomic E-state index is -0.380. The smallest absolute Gasteiger partial charge is 0.129 e. The summed E-state index contributed by atoms with van der Waals surface area (Å²) in [5, 5.41) is 4.06. The van der Waals surface area contributed by atoms with Crippen LogP contribution in [-0.2, 0) is 13.5 Å². The summed E-state index contributed by atoms with van der Waals surface area (Å²) < 4.78 is 16.1. The van der Waals surface area contributed by atoms with Crippen molar-refractivity contribution in [2.75, 3.05) is 0 Å². The van der Waals surface area contributed by atoms with Crippen molar-refractivity contribution in [2.45, 2.75) is 12.5 Å². The third-order valence-corrected chi connectivity index (χ3v) is 3.28. The fraction of sp³-hybridized carbons (Fsp3) is 0.250. The van der Waals surface area contributed by atoms with Gasteiger partial charge in [-0.15, -0.1) is 0 Å². The molecule has 0 spiro atoms. The van der Waals surface area contributed by atoms with Gasteiger partial charge in [0.15, 0.2) is 0 Å². The van der Waals surface area contributed by atoms with E-state index in [0.717, 1.165) is 5.56 Å². The first kappa shape index (κ1) is 12.3. The maximum atomic E-state index is 13.7. The molecule has 2 aromatic rings. The first-order chi connectivity index (χ1) is 8.08. The molecular formula is C12H13BrFN3. The Morgan fingerprint density at radius 2 is 2.29 bits per heavy atom. The zero-order valence-electron chi connectivity index (χ0n) is 9.40. The molecule has 5 heteroatoms. The standard InChI is InChI=1S/C12H13BrFN3/c1-17-7-8(6-16-17)5-11(15)12-9(13)3-2-4-10(12)14/h2-4,6-7,11H,5,15H2,1H3. The third-order valence-electron chi connectivity index (χ3n) is 2.58. The SMILES string of the molecule is Cn1cc(CC(N)c2c(F)cccc2Br)cn1. The van der Waals surface area contributed by atoms with Crippen molar-refractivity contribution in [3.05, 3.63) is 52.0 Å². The molecule has 1 unspecified atom stereocenters. The lowest BCUT2D eigenvalue weighted by molar-refractivity contribution is 0.578. The lowest BCUT2D eigenvalue weighted by atomic mass is 10.0. The number of rotatable bonds is 3. The average molecular weight is 298 g/mol. The quantitative estimate of drug-likeness (QED) is 0.946. The van der Waals surface area contributed by atoms with E-state index in [1.807, 2.05) is 13.2 Å². The Hall–Kier alpha value is -1.20. The van der Waals surface area contributed by atoms with Crippen LogP contribution in [0.1, 0.15) is 17.2 Å². The van der Waals surface area contributed by atoms with E-state index in [1.165, 1.54) is 6.07 Å². The van der Waals surface area contributed by atoms with Gasteiger partial charge >= 0.3 is 0 Å². The van der Waals surface area contributed by atoms with E-state index < -0.39 is 0 Å². The van der Waals surface area contributed by atoms with E-state index in [0.29, 0.717) is 16.5 Å². The third kappa shape index (κ3) is 2.73. The Bertz CT molecular complexity index is 504. The van der Waals surface area contributed by atoms with Gasteiger partial charge in [-0.2, -0.15) is 5.10 Å². The van der Waals surface area contributed by atoms with Gasteiger partial charge in [-0.3, -0.25) is 4.68 Å². The summed E-state index contributed by atoms with van der Waals surface area (Å²) in [4.78, 5) is 0. The molecule has 1 aromatic heterocycles. The number of aryl methyl sites for hydroxylation is 1. The second kappa shape index (κ2) is 4.98. The highest BCUT2D eigenvalue weighted by Gasteiger charge is 2.15. The lowest BCUT2D eigenvalue weighted by Gasteiger charge is -2.13. The van der Waals surface area contributed by atoms with Crippen LogP contribution < -0.4 is 5.73 Å². The van der Waals surface area contributed by atoms with Gasteiger partial charge in [0.1, 0.15) is 5.82 Å². The summed E-state index contributed by atoms with van der Waals surface area (Å²) >= 11 is 3.33. The van der Waals surface area contributed by atoms with Crippen molar-refractivity contribution in [1.29, 1.82) is 0 Å². The van der Waals surface area contributed by atoms with Gasteiger partial charge in [0, 0.05) is 29.3 Å². The Morgan fingerprint density at radius 1 is 1.53 bits per heavy atom. The molecule has 1 heterocycles. The normalized spacial score (nSPS) is 12.7. The molecule has 1 aromatic carbocycles. The molecule has 1 atom stereocenters. The predicted octanol–water partition coefficient (Wildman–Crippen LogP) is 2.56. The van der Waals surface area contributed by atoms with Crippen molar-refractivity contribution in [3.8, 4) is 0 Å². The van der Waals surface area contributed by atoms with Crippen LogP contribution in [0.5, 0.6) is 0 Å². The Balaban J connectivity index is 2.22. The van der Waals surface area contributed by atoms with Crippen molar-refractivity contribution in [2.24, 2.45) is 12.8 Å². The molecule has 0 radical (unpaired) electrons. The van der Waals surface area contributed by atoms with Gasteiger partial charge in [-0.05, 0) is 24.1 Å². The van der Waals surface area contributed by atoms with Gasteiger partial charge in [0.05, 0.1) is 6.20 Å². The summed E-state index contributed by atoms with van der Waals surface area (Å²) in [7, 11) is 1.84. The predicted molar refractivity (Wildman–Crippen MR) is 67.9 cm³/mol. The number of hydrogen-bond donors (Lipinski definition) is 1. The molecule has 3 nitrogen and oxygen atoms in total. The lowest BCUT2D eigenvalue weighted by Crippen LogP contribution is -2.15. The van der Waals surface area contributed by atoms with Crippen molar-refractivity contribution in [3.63, 3.8) is 0 Å². The zero-order valence-corrected chi connectivity index (χ0v) is 11.0. The average Bonchev–Trinajstić information content (AvgIpc) is 2.63. The molecule has 90 valence electrons. The van der Waals surface area contributed by atoms with Crippen LogP contribution in [0.4, 0.5) is 4.39 Å². The molecule has 0 aliphatic carbocycles. The Morgan fingerprint density at radius 3 is 2.88 bits per heavy atom. The maximum Gasteiger partial charge on any atom is 0.129 e. The summed E-state index contributed by atoms with van der Waals surface area (Å²) in [6.07, 6.45) is 4.19. The van der Waals surface area contributed by atoms with Crippen LogP contribution in [-0.4, -0.2) is 9.78 Å². The first-order valence-electron chi connectivity index (χ1n) is 5.25. The fourth-order valence-electron chi connectivity index (χ4n) is 1.80.